The lowest BCUT2D eigenvalue weighted by molar-refractivity contribution is -0.129. The molecular formula is C13H16N2O3. The molecule has 0 aromatic heterocycles. The average Bonchev–Trinajstić information content (AvgIpc) is 2.72. The summed E-state index contributed by atoms with van der Waals surface area (Å²) in [6.45, 7) is 0.508. The van der Waals surface area contributed by atoms with Crippen LogP contribution in [0.25, 0.3) is 0 Å². The molecule has 1 heterocycles. The SMILES string of the molecule is COC(=O)N[C@@H]1CCC(=O)N1Cc1ccccc1. The van der Waals surface area contributed by atoms with E-state index < -0.39 is 6.09 Å². The first-order valence-corrected chi connectivity index (χ1v) is 5.88. The van der Waals surface area contributed by atoms with Crippen LogP contribution in [0.1, 0.15) is 18.4 Å². The summed E-state index contributed by atoms with van der Waals surface area (Å²) in [5.41, 5.74) is 1.05. The monoisotopic (exact) mass is 248 g/mol. The van der Waals surface area contributed by atoms with E-state index in [1.54, 1.807) is 4.90 Å². The molecule has 1 aromatic rings. The summed E-state index contributed by atoms with van der Waals surface area (Å²) in [4.78, 5) is 24.7. The molecule has 0 unspecified atom stereocenters. The van der Waals surface area contributed by atoms with E-state index in [1.165, 1.54) is 7.11 Å². The molecule has 1 atom stereocenters. The standard InChI is InChI=1S/C13H16N2O3/c1-18-13(17)14-11-7-8-12(16)15(11)9-10-5-3-2-4-6-10/h2-6,11H,7-9H2,1H3,(H,14,17)/t11-/m0/s1. The fourth-order valence-electron chi connectivity index (χ4n) is 2.06. The van der Waals surface area contributed by atoms with Gasteiger partial charge in [0.05, 0.1) is 7.11 Å². The van der Waals surface area contributed by atoms with Gasteiger partial charge in [-0.1, -0.05) is 30.3 Å². The number of carbonyl (C=O) groups excluding carboxylic acids is 2. The van der Waals surface area contributed by atoms with Crippen molar-refractivity contribution < 1.29 is 14.3 Å². The van der Waals surface area contributed by atoms with Gasteiger partial charge in [0.15, 0.2) is 0 Å². The molecule has 0 spiro atoms. The van der Waals surface area contributed by atoms with Gasteiger partial charge in [-0.2, -0.15) is 0 Å². The summed E-state index contributed by atoms with van der Waals surface area (Å²) in [6.07, 6.45) is 0.306. The Bertz CT molecular complexity index is 433. The van der Waals surface area contributed by atoms with Crippen molar-refractivity contribution in [2.75, 3.05) is 7.11 Å². The van der Waals surface area contributed by atoms with Gasteiger partial charge in [0, 0.05) is 13.0 Å². The Hall–Kier alpha value is -2.04. The quantitative estimate of drug-likeness (QED) is 0.881. The normalized spacial score (nSPS) is 18.8. The van der Waals surface area contributed by atoms with E-state index in [4.69, 9.17) is 0 Å². The van der Waals surface area contributed by atoms with Crippen LogP contribution in [0, 0.1) is 0 Å². The predicted octanol–water partition coefficient (Wildman–Crippen LogP) is 1.49. The van der Waals surface area contributed by atoms with Crippen LogP contribution in [0.2, 0.25) is 0 Å². The molecule has 5 nitrogen and oxygen atoms in total. The number of nitrogens with zero attached hydrogens (tertiary/aromatic N) is 1. The molecule has 0 bridgehead atoms. The molecule has 1 saturated heterocycles. The number of amides is 2. The molecule has 0 saturated carbocycles. The summed E-state index contributed by atoms with van der Waals surface area (Å²) in [5, 5.41) is 2.67. The Kier molecular flexibility index (Phi) is 3.82. The molecule has 2 amide bonds. The molecule has 96 valence electrons. The first kappa shape index (κ1) is 12.4. The topological polar surface area (TPSA) is 58.6 Å². The van der Waals surface area contributed by atoms with Crippen molar-refractivity contribution in [3.8, 4) is 0 Å². The van der Waals surface area contributed by atoms with Gasteiger partial charge in [-0.3, -0.25) is 4.79 Å². The van der Waals surface area contributed by atoms with Crippen molar-refractivity contribution in [3.05, 3.63) is 35.9 Å². The van der Waals surface area contributed by atoms with E-state index in [-0.39, 0.29) is 12.1 Å². The second-order valence-electron chi connectivity index (χ2n) is 4.20. The molecule has 2 rings (SSSR count). The number of likely N-dealkylation sites (tertiary alicyclic amines) is 1. The van der Waals surface area contributed by atoms with Crippen LogP contribution in [-0.2, 0) is 16.1 Å². The zero-order valence-electron chi connectivity index (χ0n) is 10.3. The van der Waals surface area contributed by atoms with Crippen molar-refractivity contribution in [3.63, 3.8) is 0 Å². The molecule has 1 aliphatic heterocycles. The largest absolute Gasteiger partial charge is 0.453 e. The van der Waals surface area contributed by atoms with Crippen molar-refractivity contribution in [1.29, 1.82) is 0 Å². The minimum atomic E-state index is -0.507. The van der Waals surface area contributed by atoms with Crippen LogP contribution in [-0.4, -0.2) is 30.2 Å². The van der Waals surface area contributed by atoms with E-state index in [0.29, 0.717) is 19.4 Å². The van der Waals surface area contributed by atoms with Crippen molar-refractivity contribution in [2.24, 2.45) is 0 Å². The fourth-order valence-corrected chi connectivity index (χ4v) is 2.06. The molecule has 0 radical (unpaired) electrons. The number of hydrogen-bond acceptors (Lipinski definition) is 3. The van der Waals surface area contributed by atoms with Gasteiger partial charge in [-0.25, -0.2) is 4.79 Å². The minimum absolute atomic E-state index is 0.0558. The van der Waals surface area contributed by atoms with Crippen LogP contribution in [0.4, 0.5) is 4.79 Å². The Labute approximate surface area is 106 Å². The Morgan fingerprint density at radius 2 is 2.17 bits per heavy atom. The lowest BCUT2D eigenvalue weighted by Crippen LogP contribution is -2.45. The molecular weight excluding hydrogens is 232 g/mol. The molecule has 1 fully saturated rings. The lowest BCUT2D eigenvalue weighted by atomic mass is 10.2. The number of alkyl carbamates (subject to hydrolysis) is 1. The van der Waals surface area contributed by atoms with Crippen LogP contribution < -0.4 is 5.32 Å². The fraction of sp³-hybridized carbons (Fsp3) is 0.385. The second-order valence-corrected chi connectivity index (χ2v) is 4.20. The number of nitrogens with one attached hydrogen (secondary N) is 1. The molecule has 18 heavy (non-hydrogen) atoms. The molecule has 1 aliphatic rings. The van der Waals surface area contributed by atoms with Crippen LogP contribution >= 0.6 is 0 Å². The van der Waals surface area contributed by atoms with Gasteiger partial charge in [0.25, 0.3) is 0 Å². The predicted molar refractivity (Wildman–Crippen MR) is 65.6 cm³/mol. The van der Waals surface area contributed by atoms with Gasteiger partial charge < -0.3 is 15.0 Å². The highest BCUT2D eigenvalue weighted by Gasteiger charge is 2.32. The highest BCUT2D eigenvalue weighted by molar-refractivity contribution is 5.79. The third-order valence-corrected chi connectivity index (χ3v) is 2.99. The van der Waals surface area contributed by atoms with Gasteiger partial charge in [0.1, 0.15) is 6.17 Å². The number of ether oxygens (including phenoxy) is 1. The zero-order valence-corrected chi connectivity index (χ0v) is 10.3. The number of carbonyl (C=O) groups is 2. The second kappa shape index (κ2) is 5.53. The highest BCUT2D eigenvalue weighted by atomic mass is 16.5. The van der Waals surface area contributed by atoms with Gasteiger partial charge in [-0.05, 0) is 12.0 Å². The average molecular weight is 248 g/mol. The first-order chi connectivity index (χ1) is 8.70. The van der Waals surface area contributed by atoms with Gasteiger partial charge >= 0.3 is 6.09 Å². The number of methoxy groups -OCH3 is 1. The Balaban J connectivity index is 2.04. The van der Waals surface area contributed by atoms with E-state index in [9.17, 15) is 9.59 Å². The highest BCUT2D eigenvalue weighted by Crippen LogP contribution is 2.19. The summed E-state index contributed by atoms with van der Waals surface area (Å²) in [5.74, 6) is 0.0558. The van der Waals surface area contributed by atoms with Gasteiger partial charge in [-0.15, -0.1) is 0 Å². The molecule has 0 aliphatic carbocycles. The number of rotatable bonds is 3. The maximum atomic E-state index is 11.8. The van der Waals surface area contributed by atoms with Crippen LogP contribution in [0.3, 0.4) is 0 Å². The lowest BCUT2D eigenvalue weighted by Gasteiger charge is -2.25. The van der Waals surface area contributed by atoms with Crippen molar-refractivity contribution >= 4 is 12.0 Å². The third-order valence-electron chi connectivity index (χ3n) is 2.99. The van der Waals surface area contributed by atoms with Crippen LogP contribution in [0.5, 0.6) is 0 Å². The number of benzene rings is 1. The van der Waals surface area contributed by atoms with Gasteiger partial charge in [0.2, 0.25) is 5.91 Å². The summed E-state index contributed by atoms with van der Waals surface area (Å²) < 4.78 is 4.56. The van der Waals surface area contributed by atoms with Crippen LogP contribution in [0.15, 0.2) is 30.3 Å². The summed E-state index contributed by atoms with van der Waals surface area (Å²) >= 11 is 0. The first-order valence-electron chi connectivity index (χ1n) is 5.88. The van der Waals surface area contributed by atoms with Crippen molar-refractivity contribution in [2.45, 2.75) is 25.6 Å². The zero-order chi connectivity index (χ0) is 13.0. The minimum Gasteiger partial charge on any atom is -0.453 e. The third kappa shape index (κ3) is 2.80. The molecule has 1 aromatic carbocycles. The smallest absolute Gasteiger partial charge is 0.408 e. The summed E-state index contributed by atoms with van der Waals surface area (Å²) in [7, 11) is 1.31. The number of hydrogen-bond donors (Lipinski definition) is 1. The van der Waals surface area contributed by atoms with E-state index in [2.05, 4.69) is 10.1 Å². The molecule has 5 heteroatoms. The maximum Gasteiger partial charge on any atom is 0.408 e. The van der Waals surface area contributed by atoms with E-state index in [1.807, 2.05) is 30.3 Å². The van der Waals surface area contributed by atoms with E-state index >= 15 is 0 Å². The van der Waals surface area contributed by atoms with E-state index in [0.717, 1.165) is 5.56 Å². The Morgan fingerprint density at radius 1 is 1.44 bits per heavy atom. The maximum absolute atomic E-state index is 11.8. The Morgan fingerprint density at radius 3 is 2.83 bits per heavy atom. The molecule has 1 N–H and O–H groups in total. The van der Waals surface area contributed by atoms with Crippen molar-refractivity contribution in [1.82, 2.24) is 10.2 Å². The summed E-state index contributed by atoms with van der Waals surface area (Å²) in [6, 6.07) is 9.71.